The molecule has 1 N–H and O–H groups in total. The quantitative estimate of drug-likeness (QED) is 0.768. The van der Waals surface area contributed by atoms with Crippen LogP contribution in [0.3, 0.4) is 0 Å². The normalized spacial score (nSPS) is 15.6. The number of hydrogen-bond donors (Lipinski definition) is 1. The van der Waals surface area contributed by atoms with Crippen LogP contribution in [0.4, 0.5) is 5.69 Å². The van der Waals surface area contributed by atoms with Crippen LogP contribution in [0.1, 0.15) is 11.1 Å². The first-order valence-electron chi connectivity index (χ1n) is 8.32. The smallest absolute Gasteiger partial charge is 0.159 e. The van der Waals surface area contributed by atoms with Crippen LogP contribution >= 0.6 is 0 Å². The third kappa shape index (κ3) is 2.83. The number of ketones is 1. The zero-order chi connectivity index (χ0) is 16.4. The Morgan fingerprint density at radius 3 is 2.42 bits per heavy atom. The van der Waals surface area contributed by atoms with Crippen molar-refractivity contribution in [3.63, 3.8) is 0 Å². The number of carbonyl (C=O) groups is 1. The van der Waals surface area contributed by atoms with Gasteiger partial charge in [-0.15, -0.1) is 0 Å². The van der Waals surface area contributed by atoms with Crippen molar-refractivity contribution >= 4 is 11.5 Å². The molecule has 2 nitrogen and oxygen atoms in total. The van der Waals surface area contributed by atoms with E-state index in [-0.39, 0.29) is 11.8 Å². The lowest BCUT2D eigenvalue weighted by molar-refractivity contribution is -0.119. The average molecular weight is 313 g/mol. The Balaban J connectivity index is 1.56. The molecule has 0 radical (unpaired) electrons. The number of rotatable bonds is 4. The molecule has 1 atom stereocenters. The molecule has 0 saturated carbocycles. The first-order valence-corrected chi connectivity index (χ1v) is 8.32. The molecule has 0 amide bonds. The van der Waals surface area contributed by atoms with Gasteiger partial charge in [-0.25, -0.2) is 0 Å². The molecule has 0 fully saturated rings. The summed E-state index contributed by atoms with van der Waals surface area (Å²) in [6.45, 7) is 0. The molecule has 3 aromatic carbocycles. The van der Waals surface area contributed by atoms with E-state index in [9.17, 15) is 4.79 Å². The maximum atomic E-state index is 12.8. The van der Waals surface area contributed by atoms with Gasteiger partial charge in [0.25, 0.3) is 0 Å². The number of nitrogens with one attached hydrogen (secondary N) is 1. The Bertz CT molecular complexity index is 845. The molecule has 1 heterocycles. The van der Waals surface area contributed by atoms with Gasteiger partial charge in [0.2, 0.25) is 0 Å². The molecular weight excluding hydrogens is 294 g/mol. The van der Waals surface area contributed by atoms with E-state index >= 15 is 0 Å². The van der Waals surface area contributed by atoms with Crippen LogP contribution < -0.4 is 5.32 Å². The molecule has 0 bridgehead atoms. The molecule has 1 aliphatic rings. The maximum Gasteiger partial charge on any atom is 0.159 e. The van der Waals surface area contributed by atoms with Crippen molar-refractivity contribution in [2.24, 2.45) is 0 Å². The Labute approximate surface area is 142 Å². The van der Waals surface area contributed by atoms with E-state index in [2.05, 4.69) is 35.6 Å². The van der Waals surface area contributed by atoms with Crippen LogP contribution in [0.5, 0.6) is 0 Å². The van der Waals surface area contributed by atoms with E-state index in [1.165, 1.54) is 5.56 Å². The second-order valence-corrected chi connectivity index (χ2v) is 6.22. The highest BCUT2D eigenvalue weighted by Crippen LogP contribution is 2.28. The Morgan fingerprint density at radius 1 is 0.875 bits per heavy atom. The van der Waals surface area contributed by atoms with Gasteiger partial charge in [0.1, 0.15) is 0 Å². The lowest BCUT2D eigenvalue weighted by atomic mass is 9.94. The average Bonchev–Trinajstić information content (AvgIpc) is 3.07. The SMILES string of the molecule is O=C(Cc1ccccc1-c1ccccc1)C1Cc2ccccc2N1. The van der Waals surface area contributed by atoms with Gasteiger partial charge < -0.3 is 5.32 Å². The summed E-state index contributed by atoms with van der Waals surface area (Å²) in [5, 5.41) is 3.36. The van der Waals surface area contributed by atoms with Crippen LogP contribution in [0.25, 0.3) is 11.1 Å². The number of anilines is 1. The van der Waals surface area contributed by atoms with Gasteiger partial charge in [0, 0.05) is 18.5 Å². The zero-order valence-electron chi connectivity index (χ0n) is 13.4. The highest BCUT2D eigenvalue weighted by Gasteiger charge is 2.26. The van der Waals surface area contributed by atoms with Gasteiger partial charge in [0.05, 0.1) is 6.04 Å². The molecule has 118 valence electrons. The third-order valence-electron chi connectivity index (χ3n) is 4.63. The van der Waals surface area contributed by atoms with Crippen LogP contribution in [0, 0.1) is 0 Å². The summed E-state index contributed by atoms with van der Waals surface area (Å²) in [6.07, 6.45) is 1.24. The molecule has 1 aliphatic heterocycles. The van der Waals surface area contributed by atoms with Crippen molar-refractivity contribution in [1.82, 2.24) is 0 Å². The molecule has 4 rings (SSSR count). The maximum absolute atomic E-state index is 12.8. The third-order valence-corrected chi connectivity index (χ3v) is 4.63. The number of carbonyl (C=O) groups excluding carboxylic acids is 1. The highest BCUT2D eigenvalue weighted by molar-refractivity contribution is 5.92. The van der Waals surface area contributed by atoms with Crippen molar-refractivity contribution in [2.45, 2.75) is 18.9 Å². The second-order valence-electron chi connectivity index (χ2n) is 6.22. The summed E-state index contributed by atoms with van der Waals surface area (Å²) < 4.78 is 0. The first kappa shape index (κ1) is 14.7. The van der Waals surface area contributed by atoms with E-state index < -0.39 is 0 Å². The zero-order valence-corrected chi connectivity index (χ0v) is 13.4. The minimum Gasteiger partial charge on any atom is -0.375 e. The minimum absolute atomic E-state index is 0.119. The van der Waals surface area contributed by atoms with Gasteiger partial charge in [-0.2, -0.15) is 0 Å². The lowest BCUT2D eigenvalue weighted by Crippen LogP contribution is -2.28. The summed E-state index contributed by atoms with van der Waals surface area (Å²) in [5.41, 5.74) is 5.70. The summed E-state index contributed by atoms with van der Waals surface area (Å²) in [5.74, 6) is 0.245. The van der Waals surface area contributed by atoms with Gasteiger partial charge in [-0.1, -0.05) is 72.8 Å². The molecule has 3 aromatic rings. The monoisotopic (exact) mass is 313 g/mol. The number of para-hydroxylation sites is 1. The molecule has 0 aromatic heterocycles. The van der Waals surface area contributed by atoms with Crippen molar-refractivity contribution in [3.05, 3.63) is 90.0 Å². The topological polar surface area (TPSA) is 29.1 Å². The predicted molar refractivity (Wildman–Crippen MR) is 98.1 cm³/mol. The fourth-order valence-electron chi connectivity index (χ4n) is 3.38. The molecule has 2 heteroatoms. The largest absolute Gasteiger partial charge is 0.375 e. The lowest BCUT2D eigenvalue weighted by Gasteiger charge is -2.13. The van der Waals surface area contributed by atoms with E-state index in [1.54, 1.807) is 0 Å². The van der Waals surface area contributed by atoms with E-state index in [1.807, 2.05) is 48.5 Å². The summed E-state index contributed by atoms with van der Waals surface area (Å²) in [7, 11) is 0. The van der Waals surface area contributed by atoms with Crippen LogP contribution in [0.2, 0.25) is 0 Å². The van der Waals surface area contributed by atoms with Gasteiger partial charge >= 0.3 is 0 Å². The number of hydrogen-bond acceptors (Lipinski definition) is 2. The van der Waals surface area contributed by atoms with Gasteiger partial charge in [-0.05, 0) is 28.3 Å². The van der Waals surface area contributed by atoms with Crippen molar-refractivity contribution in [2.75, 3.05) is 5.32 Å². The first-order chi connectivity index (χ1) is 11.8. The van der Waals surface area contributed by atoms with Crippen molar-refractivity contribution in [3.8, 4) is 11.1 Å². The molecule has 1 unspecified atom stereocenters. The Morgan fingerprint density at radius 2 is 1.58 bits per heavy atom. The van der Waals surface area contributed by atoms with Crippen LogP contribution in [-0.4, -0.2) is 11.8 Å². The highest BCUT2D eigenvalue weighted by atomic mass is 16.1. The van der Waals surface area contributed by atoms with Crippen molar-refractivity contribution in [1.29, 1.82) is 0 Å². The summed E-state index contributed by atoms with van der Waals surface area (Å²) in [4.78, 5) is 12.8. The van der Waals surface area contributed by atoms with E-state index in [4.69, 9.17) is 0 Å². The van der Waals surface area contributed by atoms with E-state index in [0.29, 0.717) is 6.42 Å². The van der Waals surface area contributed by atoms with Gasteiger partial charge in [-0.3, -0.25) is 4.79 Å². The standard InChI is InChI=1S/C22H19NO/c24-22(21-14-18-11-5-7-13-20(18)23-21)15-17-10-4-6-12-19(17)16-8-2-1-3-9-16/h1-13,21,23H,14-15H2. The summed E-state index contributed by atoms with van der Waals surface area (Å²) >= 11 is 0. The fourth-order valence-corrected chi connectivity index (χ4v) is 3.38. The number of benzene rings is 3. The molecular formula is C22H19NO. The summed E-state index contributed by atoms with van der Waals surface area (Å²) in [6, 6.07) is 26.5. The molecule has 0 spiro atoms. The number of fused-ring (bicyclic) bond motifs is 1. The Hall–Kier alpha value is -2.87. The van der Waals surface area contributed by atoms with Crippen LogP contribution in [0.15, 0.2) is 78.9 Å². The molecule has 0 saturated heterocycles. The van der Waals surface area contributed by atoms with E-state index in [0.717, 1.165) is 28.8 Å². The molecule has 24 heavy (non-hydrogen) atoms. The second kappa shape index (κ2) is 6.32. The van der Waals surface area contributed by atoms with Crippen molar-refractivity contribution < 1.29 is 4.79 Å². The minimum atomic E-state index is -0.119. The number of Topliss-reactive ketones (excluding diaryl/α,β-unsaturated/α-hetero) is 1. The van der Waals surface area contributed by atoms with Crippen LogP contribution in [-0.2, 0) is 17.6 Å². The van der Waals surface area contributed by atoms with Gasteiger partial charge in [0.15, 0.2) is 5.78 Å². The Kier molecular flexibility index (Phi) is 3.87. The predicted octanol–water partition coefficient (Wildman–Crippen LogP) is 4.50. The fraction of sp³-hybridized carbons (Fsp3) is 0.136. The molecule has 0 aliphatic carbocycles.